The lowest BCUT2D eigenvalue weighted by Crippen LogP contribution is -2.56. The summed E-state index contributed by atoms with van der Waals surface area (Å²) in [7, 11) is 0. The number of β-amino-alcohol motifs (C(OH)–C–C–N with tert-alkyl or cyclic N) is 1. The number of carbonyl (C=O) groups is 1. The number of aromatic nitrogens is 2. The third-order valence-electron chi connectivity index (χ3n) is 5.09. The summed E-state index contributed by atoms with van der Waals surface area (Å²) in [5.41, 5.74) is 0.496. The van der Waals surface area contributed by atoms with Crippen molar-refractivity contribution >= 4 is 11.6 Å². The van der Waals surface area contributed by atoms with E-state index in [1.165, 1.54) is 0 Å². The zero-order valence-electron chi connectivity index (χ0n) is 12.2. The van der Waals surface area contributed by atoms with Crippen LogP contribution in [0.15, 0.2) is 12.4 Å². The Bertz CT molecular complexity index is 546. The maximum absolute atomic E-state index is 11.7. The number of nitrogens with zero attached hydrogens (tertiary/aromatic N) is 4. The van der Waals surface area contributed by atoms with Crippen molar-refractivity contribution in [2.45, 2.75) is 43.7 Å². The first-order chi connectivity index (χ1) is 10.1. The lowest BCUT2D eigenvalue weighted by Gasteiger charge is -2.46. The molecular formula is C15H22N4O2. The molecule has 6 heteroatoms. The number of amides is 1. The van der Waals surface area contributed by atoms with Crippen molar-refractivity contribution in [3.8, 4) is 0 Å². The Morgan fingerprint density at radius 3 is 2.76 bits per heavy atom. The molecule has 0 spiro atoms. The summed E-state index contributed by atoms with van der Waals surface area (Å²) in [6.07, 6.45) is 8.42. The normalized spacial score (nSPS) is 26.0. The maximum Gasteiger partial charge on any atom is 0.227 e. The van der Waals surface area contributed by atoms with Gasteiger partial charge in [-0.2, -0.15) is 5.10 Å². The van der Waals surface area contributed by atoms with E-state index in [0.717, 1.165) is 57.5 Å². The fourth-order valence-corrected chi connectivity index (χ4v) is 3.59. The van der Waals surface area contributed by atoms with E-state index in [2.05, 4.69) is 10.00 Å². The van der Waals surface area contributed by atoms with Crippen LogP contribution >= 0.6 is 0 Å². The van der Waals surface area contributed by atoms with Gasteiger partial charge in [0.25, 0.3) is 0 Å². The summed E-state index contributed by atoms with van der Waals surface area (Å²) in [5, 5.41) is 14.6. The highest BCUT2D eigenvalue weighted by atomic mass is 16.3. The molecule has 2 aliphatic heterocycles. The van der Waals surface area contributed by atoms with E-state index in [9.17, 15) is 9.90 Å². The second-order valence-corrected chi connectivity index (χ2v) is 6.75. The predicted octanol–water partition coefficient (Wildman–Crippen LogP) is 0.782. The smallest absolute Gasteiger partial charge is 0.227 e. The first-order valence-corrected chi connectivity index (χ1v) is 7.92. The molecule has 1 aliphatic carbocycles. The quantitative estimate of drug-likeness (QED) is 0.890. The fourth-order valence-electron chi connectivity index (χ4n) is 3.59. The van der Waals surface area contributed by atoms with Gasteiger partial charge in [-0.3, -0.25) is 14.4 Å². The number of likely N-dealkylation sites (tertiary alicyclic amines) is 1. The van der Waals surface area contributed by atoms with Gasteiger partial charge in [-0.1, -0.05) is 0 Å². The van der Waals surface area contributed by atoms with E-state index in [4.69, 9.17) is 0 Å². The fraction of sp³-hybridized carbons (Fsp3) is 0.733. The Kier molecular flexibility index (Phi) is 3.04. The zero-order chi connectivity index (χ0) is 14.4. The van der Waals surface area contributed by atoms with E-state index in [1.807, 2.05) is 15.8 Å². The lowest BCUT2D eigenvalue weighted by molar-refractivity contribution is -0.117. The topological polar surface area (TPSA) is 61.6 Å². The Labute approximate surface area is 124 Å². The van der Waals surface area contributed by atoms with Crippen LogP contribution in [0.5, 0.6) is 0 Å². The molecule has 3 fully saturated rings. The molecule has 0 aromatic carbocycles. The maximum atomic E-state index is 11.7. The van der Waals surface area contributed by atoms with Gasteiger partial charge in [-0.15, -0.1) is 0 Å². The molecule has 114 valence electrons. The summed E-state index contributed by atoms with van der Waals surface area (Å²) in [4.78, 5) is 15.9. The summed E-state index contributed by atoms with van der Waals surface area (Å²) >= 11 is 0. The third-order valence-corrected chi connectivity index (χ3v) is 5.09. The van der Waals surface area contributed by atoms with Gasteiger partial charge < -0.3 is 10.0 Å². The molecule has 0 atom stereocenters. The number of anilines is 1. The minimum Gasteiger partial charge on any atom is -0.389 e. The number of hydrogen-bond acceptors (Lipinski definition) is 4. The molecule has 0 radical (unpaired) electrons. The highest BCUT2D eigenvalue weighted by Crippen LogP contribution is 2.35. The second kappa shape index (κ2) is 4.81. The van der Waals surface area contributed by atoms with Crippen molar-refractivity contribution in [1.82, 2.24) is 14.7 Å². The first-order valence-electron chi connectivity index (χ1n) is 7.92. The number of rotatable bonds is 4. The van der Waals surface area contributed by atoms with E-state index in [0.29, 0.717) is 12.5 Å². The standard InChI is InChI=1S/C15H22N4O2/c20-14-3-1-6-18(14)12-7-16-19(10-12)13-8-17(9-13)11-15(21)4-2-5-15/h7,10,13,21H,1-6,8-9,11H2. The highest BCUT2D eigenvalue weighted by Gasteiger charge is 2.40. The van der Waals surface area contributed by atoms with Crippen molar-refractivity contribution in [3.63, 3.8) is 0 Å². The van der Waals surface area contributed by atoms with Crippen LogP contribution in [0.2, 0.25) is 0 Å². The van der Waals surface area contributed by atoms with Gasteiger partial charge in [0.15, 0.2) is 0 Å². The van der Waals surface area contributed by atoms with Gasteiger partial charge in [0.2, 0.25) is 5.91 Å². The van der Waals surface area contributed by atoms with Gasteiger partial charge in [-0.05, 0) is 25.7 Å². The van der Waals surface area contributed by atoms with Crippen LogP contribution in [-0.4, -0.2) is 57.5 Å². The van der Waals surface area contributed by atoms with Crippen LogP contribution in [0.1, 0.15) is 38.1 Å². The molecule has 3 heterocycles. The van der Waals surface area contributed by atoms with Gasteiger partial charge >= 0.3 is 0 Å². The van der Waals surface area contributed by atoms with E-state index >= 15 is 0 Å². The van der Waals surface area contributed by atoms with E-state index in [1.54, 1.807) is 6.20 Å². The molecule has 21 heavy (non-hydrogen) atoms. The average Bonchev–Trinajstić information content (AvgIpc) is 2.99. The summed E-state index contributed by atoms with van der Waals surface area (Å²) in [5.74, 6) is 0.206. The average molecular weight is 290 g/mol. The van der Waals surface area contributed by atoms with Crippen LogP contribution in [0, 0.1) is 0 Å². The molecule has 3 aliphatic rings. The van der Waals surface area contributed by atoms with Crippen LogP contribution in [0.4, 0.5) is 5.69 Å². The predicted molar refractivity (Wildman–Crippen MR) is 78.1 cm³/mol. The van der Waals surface area contributed by atoms with Crippen molar-refractivity contribution < 1.29 is 9.90 Å². The van der Waals surface area contributed by atoms with Gasteiger partial charge in [-0.25, -0.2) is 0 Å². The van der Waals surface area contributed by atoms with Crippen LogP contribution in [-0.2, 0) is 4.79 Å². The molecule has 1 amide bonds. The zero-order valence-corrected chi connectivity index (χ0v) is 12.2. The molecule has 0 bridgehead atoms. The Hall–Kier alpha value is -1.40. The Morgan fingerprint density at radius 1 is 1.33 bits per heavy atom. The molecule has 1 N–H and O–H groups in total. The summed E-state index contributed by atoms with van der Waals surface area (Å²) in [6.45, 7) is 3.49. The van der Waals surface area contributed by atoms with Crippen LogP contribution < -0.4 is 4.90 Å². The Balaban J connectivity index is 1.34. The molecule has 1 saturated carbocycles. The minimum atomic E-state index is -0.428. The van der Waals surface area contributed by atoms with Gasteiger partial charge in [0.1, 0.15) is 0 Å². The third kappa shape index (κ3) is 2.36. The molecule has 0 unspecified atom stereocenters. The number of aliphatic hydroxyl groups is 1. The van der Waals surface area contributed by atoms with Crippen LogP contribution in [0.25, 0.3) is 0 Å². The molecule has 4 rings (SSSR count). The van der Waals surface area contributed by atoms with E-state index in [-0.39, 0.29) is 5.91 Å². The van der Waals surface area contributed by atoms with Crippen molar-refractivity contribution in [2.24, 2.45) is 0 Å². The molecule has 1 aromatic rings. The monoisotopic (exact) mass is 290 g/mol. The van der Waals surface area contributed by atoms with Crippen molar-refractivity contribution in [1.29, 1.82) is 0 Å². The largest absolute Gasteiger partial charge is 0.389 e. The van der Waals surface area contributed by atoms with Gasteiger partial charge in [0.05, 0.1) is 23.5 Å². The van der Waals surface area contributed by atoms with Crippen molar-refractivity contribution in [3.05, 3.63) is 12.4 Å². The molecule has 2 saturated heterocycles. The minimum absolute atomic E-state index is 0.206. The summed E-state index contributed by atoms with van der Waals surface area (Å²) in [6, 6.07) is 0.375. The Morgan fingerprint density at radius 2 is 2.14 bits per heavy atom. The second-order valence-electron chi connectivity index (χ2n) is 6.75. The molecule has 1 aromatic heterocycles. The SMILES string of the molecule is O=C1CCCN1c1cnn(C2CN(CC3(O)CCC3)C2)c1. The van der Waals surface area contributed by atoms with E-state index < -0.39 is 5.60 Å². The number of carbonyl (C=O) groups excluding carboxylic acids is 1. The van der Waals surface area contributed by atoms with Crippen molar-refractivity contribution in [2.75, 3.05) is 31.1 Å². The molecule has 6 nitrogen and oxygen atoms in total. The highest BCUT2D eigenvalue weighted by molar-refractivity contribution is 5.95. The van der Waals surface area contributed by atoms with Crippen LogP contribution in [0.3, 0.4) is 0 Å². The van der Waals surface area contributed by atoms with Gasteiger partial charge in [0, 0.05) is 38.8 Å². The first kappa shape index (κ1) is 13.3. The number of hydrogen-bond donors (Lipinski definition) is 1. The summed E-state index contributed by atoms with van der Waals surface area (Å²) < 4.78 is 1.97. The molecular weight excluding hydrogens is 268 g/mol. The lowest BCUT2D eigenvalue weighted by atomic mass is 9.79.